The van der Waals surface area contributed by atoms with Crippen LogP contribution >= 0.6 is 0 Å². The Kier molecular flexibility index (Phi) is 5.88. The molecule has 2 amide bonds. The Hall–Kier alpha value is -2.19. The van der Waals surface area contributed by atoms with Crippen molar-refractivity contribution in [2.45, 2.75) is 0 Å². The average molecular weight is 280 g/mol. The van der Waals surface area contributed by atoms with Crippen molar-refractivity contribution >= 4 is 24.4 Å². The number of carbonyl (C=O) groups is 2. The van der Waals surface area contributed by atoms with E-state index in [4.69, 9.17) is 10.0 Å². The molecule has 0 aromatic heterocycles. The van der Waals surface area contributed by atoms with Gasteiger partial charge in [0.05, 0.1) is 5.56 Å². The van der Waals surface area contributed by atoms with E-state index in [-0.39, 0.29) is 18.6 Å². The Morgan fingerprint density at radius 3 is 2.55 bits per heavy atom. The standard InChI is InChI=1S/C12H14BFN2O4/c1-2-10(17)15-6-7-16-12(18)11-8(13(19)20)4-3-5-9(11)14/h2-5,19-20H,1,6-7H2,(H,15,17)(H,16,18). The molecular formula is C12H14BFN2O4. The molecular weight excluding hydrogens is 266 g/mol. The Labute approximate surface area is 115 Å². The van der Waals surface area contributed by atoms with Gasteiger partial charge in [0.25, 0.3) is 5.91 Å². The zero-order valence-electron chi connectivity index (χ0n) is 10.6. The van der Waals surface area contributed by atoms with E-state index in [2.05, 4.69) is 17.2 Å². The zero-order chi connectivity index (χ0) is 15.1. The smallest absolute Gasteiger partial charge is 0.423 e. The first-order valence-electron chi connectivity index (χ1n) is 5.80. The van der Waals surface area contributed by atoms with Gasteiger partial charge in [-0.25, -0.2) is 4.39 Å². The van der Waals surface area contributed by atoms with E-state index in [0.717, 1.165) is 12.1 Å². The first-order chi connectivity index (χ1) is 9.47. The molecule has 0 radical (unpaired) electrons. The highest BCUT2D eigenvalue weighted by atomic mass is 19.1. The van der Waals surface area contributed by atoms with Crippen LogP contribution in [-0.2, 0) is 4.79 Å². The second-order valence-corrected chi connectivity index (χ2v) is 3.83. The number of hydrogen-bond donors (Lipinski definition) is 4. The fourth-order valence-corrected chi connectivity index (χ4v) is 1.52. The number of nitrogens with one attached hydrogen (secondary N) is 2. The quantitative estimate of drug-likeness (QED) is 0.291. The van der Waals surface area contributed by atoms with Crippen LogP contribution in [0.2, 0.25) is 0 Å². The first-order valence-corrected chi connectivity index (χ1v) is 5.80. The molecule has 0 saturated heterocycles. The summed E-state index contributed by atoms with van der Waals surface area (Å²) in [6.45, 7) is 3.46. The van der Waals surface area contributed by atoms with Crippen LogP contribution in [0.3, 0.4) is 0 Å². The number of carbonyl (C=O) groups excluding carboxylic acids is 2. The number of halogens is 1. The van der Waals surface area contributed by atoms with Crippen LogP contribution in [0.4, 0.5) is 4.39 Å². The van der Waals surface area contributed by atoms with Gasteiger partial charge in [0.15, 0.2) is 0 Å². The molecule has 106 valence electrons. The van der Waals surface area contributed by atoms with Crippen LogP contribution in [-0.4, -0.2) is 42.1 Å². The van der Waals surface area contributed by atoms with Crippen LogP contribution in [0.5, 0.6) is 0 Å². The summed E-state index contributed by atoms with van der Waals surface area (Å²) in [6, 6.07) is 3.55. The third-order valence-electron chi connectivity index (χ3n) is 2.45. The Balaban J connectivity index is 2.68. The highest BCUT2D eigenvalue weighted by Crippen LogP contribution is 2.04. The molecule has 0 aliphatic carbocycles. The molecule has 0 heterocycles. The van der Waals surface area contributed by atoms with E-state index in [1.54, 1.807) is 0 Å². The van der Waals surface area contributed by atoms with Crippen molar-refractivity contribution in [1.82, 2.24) is 10.6 Å². The number of amides is 2. The lowest BCUT2D eigenvalue weighted by molar-refractivity contribution is -0.116. The maximum Gasteiger partial charge on any atom is 0.489 e. The van der Waals surface area contributed by atoms with Crippen LogP contribution in [0, 0.1) is 5.82 Å². The topological polar surface area (TPSA) is 98.7 Å². The SMILES string of the molecule is C=CC(=O)NCCNC(=O)c1c(F)cccc1B(O)O. The number of benzene rings is 1. The van der Waals surface area contributed by atoms with Gasteiger partial charge in [0.1, 0.15) is 5.82 Å². The molecule has 0 bridgehead atoms. The minimum absolute atomic E-state index is 0.0632. The Morgan fingerprint density at radius 1 is 1.30 bits per heavy atom. The molecule has 0 atom stereocenters. The van der Waals surface area contributed by atoms with Gasteiger partial charge in [-0.3, -0.25) is 9.59 Å². The number of rotatable bonds is 6. The fourth-order valence-electron chi connectivity index (χ4n) is 1.52. The molecule has 0 spiro atoms. The molecule has 1 rings (SSSR count). The molecule has 8 heteroatoms. The molecule has 20 heavy (non-hydrogen) atoms. The summed E-state index contributed by atoms with van der Waals surface area (Å²) in [5, 5.41) is 23.0. The van der Waals surface area contributed by atoms with Gasteiger partial charge in [0.2, 0.25) is 5.91 Å². The summed E-state index contributed by atoms with van der Waals surface area (Å²) in [6.07, 6.45) is 1.08. The summed E-state index contributed by atoms with van der Waals surface area (Å²) in [5.74, 6) is -2.04. The molecule has 0 aliphatic rings. The predicted octanol–water partition coefficient (Wildman–Crippen LogP) is -1.46. The van der Waals surface area contributed by atoms with Crippen LogP contribution in [0.1, 0.15) is 10.4 Å². The lowest BCUT2D eigenvalue weighted by atomic mass is 9.76. The molecule has 4 N–H and O–H groups in total. The van der Waals surface area contributed by atoms with Gasteiger partial charge in [-0.15, -0.1) is 0 Å². The summed E-state index contributed by atoms with van der Waals surface area (Å²) in [5.41, 5.74) is -0.657. The van der Waals surface area contributed by atoms with Gasteiger partial charge >= 0.3 is 7.12 Å². The van der Waals surface area contributed by atoms with E-state index in [1.165, 1.54) is 12.1 Å². The van der Waals surface area contributed by atoms with Gasteiger partial charge in [-0.05, 0) is 17.6 Å². The van der Waals surface area contributed by atoms with Crippen molar-refractivity contribution in [2.24, 2.45) is 0 Å². The van der Waals surface area contributed by atoms with E-state index >= 15 is 0 Å². The summed E-state index contributed by atoms with van der Waals surface area (Å²) >= 11 is 0. The highest BCUT2D eigenvalue weighted by Gasteiger charge is 2.23. The van der Waals surface area contributed by atoms with E-state index in [1.807, 2.05) is 0 Å². The third kappa shape index (κ3) is 4.18. The van der Waals surface area contributed by atoms with E-state index in [9.17, 15) is 14.0 Å². The van der Waals surface area contributed by atoms with Gasteiger partial charge in [-0.2, -0.15) is 0 Å². The maximum atomic E-state index is 13.6. The van der Waals surface area contributed by atoms with Gasteiger partial charge in [0, 0.05) is 13.1 Å². The third-order valence-corrected chi connectivity index (χ3v) is 2.45. The van der Waals surface area contributed by atoms with Crippen molar-refractivity contribution in [3.63, 3.8) is 0 Å². The lowest BCUT2D eigenvalue weighted by Crippen LogP contribution is -2.41. The van der Waals surface area contributed by atoms with Crippen molar-refractivity contribution in [3.8, 4) is 0 Å². The molecule has 0 saturated carbocycles. The second-order valence-electron chi connectivity index (χ2n) is 3.83. The van der Waals surface area contributed by atoms with E-state index in [0.29, 0.717) is 0 Å². The minimum Gasteiger partial charge on any atom is -0.423 e. The minimum atomic E-state index is -1.95. The van der Waals surface area contributed by atoms with Crippen molar-refractivity contribution in [1.29, 1.82) is 0 Å². The normalized spacial score (nSPS) is 9.75. The molecule has 0 fully saturated rings. The van der Waals surface area contributed by atoms with Crippen molar-refractivity contribution < 1.29 is 24.0 Å². The molecule has 1 aromatic carbocycles. The molecule has 6 nitrogen and oxygen atoms in total. The predicted molar refractivity (Wildman–Crippen MR) is 71.8 cm³/mol. The Bertz CT molecular complexity index is 522. The fraction of sp³-hybridized carbons (Fsp3) is 0.167. The monoisotopic (exact) mass is 280 g/mol. The Morgan fingerprint density at radius 2 is 1.95 bits per heavy atom. The van der Waals surface area contributed by atoms with E-state index < -0.39 is 30.3 Å². The summed E-state index contributed by atoms with van der Waals surface area (Å²) in [4.78, 5) is 22.7. The zero-order valence-corrected chi connectivity index (χ0v) is 10.6. The van der Waals surface area contributed by atoms with Crippen molar-refractivity contribution in [2.75, 3.05) is 13.1 Å². The van der Waals surface area contributed by atoms with Gasteiger partial charge < -0.3 is 20.7 Å². The molecule has 1 aromatic rings. The highest BCUT2D eigenvalue weighted by molar-refractivity contribution is 6.60. The molecule has 0 aliphatic heterocycles. The van der Waals surface area contributed by atoms with Crippen LogP contribution < -0.4 is 16.1 Å². The maximum absolute atomic E-state index is 13.6. The lowest BCUT2D eigenvalue weighted by Gasteiger charge is -2.10. The largest absolute Gasteiger partial charge is 0.489 e. The average Bonchev–Trinajstić information content (AvgIpc) is 2.42. The van der Waals surface area contributed by atoms with Crippen molar-refractivity contribution in [3.05, 3.63) is 42.2 Å². The van der Waals surface area contributed by atoms with Crippen LogP contribution in [0.25, 0.3) is 0 Å². The van der Waals surface area contributed by atoms with Gasteiger partial charge in [-0.1, -0.05) is 18.7 Å². The van der Waals surface area contributed by atoms with Crippen LogP contribution in [0.15, 0.2) is 30.9 Å². The second kappa shape index (κ2) is 7.42. The number of hydrogen-bond acceptors (Lipinski definition) is 4. The molecule has 0 unspecified atom stereocenters. The first kappa shape index (κ1) is 15.9. The summed E-state index contributed by atoms with van der Waals surface area (Å²) in [7, 11) is -1.95. The summed E-state index contributed by atoms with van der Waals surface area (Å²) < 4.78 is 13.6.